The van der Waals surface area contributed by atoms with Crippen molar-refractivity contribution in [2.24, 2.45) is 0 Å². The van der Waals surface area contributed by atoms with Gasteiger partial charge in [-0.25, -0.2) is 9.78 Å². The van der Waals surface area contributed by atoms with Crippen LogP contribution in [0.1, 0.15) is 25.0 Å². The molecule has 1 aliphatic rings. The van der Waals surface area contributed by atoms with Gasteiger partial charge in [0.2, 0.25) is 5.91 Å². The molecule has 7 heteroatoms. The lowest BCUT2D eigenvalue weighted by molar-refractivity contribution is -0.151. The van der Waals surface area contributed by atoms with E-state index < -0.39 is 11.5 Å². The molecule has 2 aromatic rings. The number of halogens is 1. The summed E-state index contributed by atoms with van der Waals surface area (Å²) in [5.74, 6) is -1.25. The molecule has 0 bridgehead atoms. The normalized spacial score (nSPS) is 15.7. The standard InChI is InChI=1S/C16H15BrN2O3S/c17-11-4-1-3-10(7-11)14-18-12(9-23-14)8-13(20)19-16(15(21)22)5-2-6-16/h1,3-4,7,9H,2,5-6,8H2,(H,19,20)(H,21,22). The Balaban J connectivity index is 1.67. The van der Waals surface area contributed by atoms with Gasteiger partial charge in [-0.3, -0.25) is 4.79 Å². The number of amides is 1. The minimum atomic E-state index is -1.07. The van der Waals surface area contributed by atoms with Crippen molar-refractivity contribution in [1.82, 2.24) is 10.3 Å². The lowest BCUT2D eigenvalue weighted by Gasteiger charge is -2.38. The fraction of sp³-hybridized carbons (Fsp3) is 0.312. The summed E-state index contributed by atoms with van der Waals surface area (Å²) >= 11 is 4.89. The monoisotopic (exact) mass is 394 g/mol. The number of thiazole rings is 1. The van der Waals surface area contributed by atoms with Gasteiger partial charge in [-0.15, -0.1) is 11.3 Å². The van der Waals surface area contributed by atoms with Crippen LogP contribution in [0.25, 0.3) is 10.6 Å². The van der Waals surface area contributed by atoms with E-state index in [4.69, 9.17) is 0 Å². The van der Waals surface area contributed by atoms with Crippen molar-refractivity contribution in [3.63, 3.8) is 0 Å². The highest BCUT2D eigenvalue weighted by Crippen LogP contribution is 2.32. The van der Waals surface area contributed by atoms with E-state index in [0.29, 0.717) is 18.5 Å². The predicted octanol–water partition coefficient (Wildman–Crippen LogP) is 3.24. The second kappa shape index (κ2) is 6.41. The van der Waals surface area contributed by atoms with Crippen LogP contribution in [0.15, 0.2) is 34.1 Å². The highest BCUT2D eigenvalue weighted by molar-refractivity contribution is 9.10. The SMILES string of the molecule is O=C(Cc1csc(-c2cccc(Br)c2)n1)NC1(C(=O)O)CCC1. The fourth-order valence-electron chi connectivity index (χ4n) is 2.54. The number of carboxylic acid groups (broad SMARTS) is 1. The van der Waals surface area contributed by atoms with Gasteiger partial charge in [-0.2, -0.15) is 0 Å². The molecule has 2 N–H and O–H groups in total. The summed E-state index contributed by atoms with van der Waals surface area (Å²) in [6.07, 6.45) is 1.92. The van der Waals surface area contributed by atoms with E-state index in [1.165, 1.54) is 11.3 Å². The molecule has 0 aliphatic heterocycles. The number of aliphatic carboxylic acids is 1. The lowest BCUT2D eigenvalue weighted by Crippen LogP contribution is -2.59. The number of hydrogen-bond donors (Lipinski definition) is 2. The van der Waals surface area contributed by atoms with Gasteiger partial charge in [-0.1, -0.05) is 28.1 Å². The van der Waals surface area contributed by atoms with Crippen LogP contribution in [0.5, 0.6) is 0 Å². The molecule has 0 saturated heterocycles. The molecule has 3 rings (SSSR count). The quantitative estimate of drug-likeness (QED) is 0.815. The minimum absolute atomic E-state index is 0.0968. The molecule has 5 nitrogen and oxygen atoms in total. The Morgan fingerprint density at radius 1 is 1.39 bits per heavy atom. The molecule has 120 valence electrons. The minimum Gasteiger partial charge on any atom is -0.480 e. The first-order valence-corrected chi connectivity index (χ1v) is 8.90. The average molecular weight is 395 g/mol. The predicted molar refractivity (Wildman–Crippen MR) is 91.3 cm³/mol. The molecule has 1 heterocycles. The molecule has 1 aromatic carbocycles. The Bertz CT molecular complexity index is 755. The third-order valence-electron chi connectivity index (χ3n) is 3.96. The van der Waals surface area contributed by atoms with Crippen LogP contribution in [0.2, 0.25) is 0 Å². The molecular formula is C16H15BrN2O3S. The number of rotatable bonds is 5. The Morgan fingerprint density at radius 2 is 2.17 bits per heavy atom. The van der Waals surface area contributed by atoms with Crippen molar-refractivity contribution in [3.05, 3.63) is 39.8 Å². The first-order valence-electron chi connectivity index (χ1n) is 7.23. The first-order chi connectivity index (χ1) is 11.0. The molecule has 0 radical (unpaired) electrons. The number of aromatic nitrogens is 1. The van der Waals surface area contributed by atoms with E-state index in [9.17, 15) is 14.7 Å². The summed E-state index contributed by atoms with van der Waals surface area (Å²) in [7, 11) is 0. The van der Waals surface area contributed by atoms with E-state index in [-0.39, 0.29) is 12.3 Å². The molecule has 23 heavy (non-hydrogen) atoms. The third kappa shape index (κ3) is 3.45. The number of benzene rings is 1. The Hall–Kier alpha value is -1.73. The second-order valence-corrected chi connectivity index (χ2v) is 7.39. The molecule has 1 amide bonds. The van der Waals surface area contributed by atoms with Crippen LogP contribution >= 0.6 is 27.3 Å². The van der Waals surface area contributed by atoms with E-state index in [1.807, 2.05) is 29.6 Å². The Kier molecular flexibility index (Phi) is 4.50. The Morgan fingerprint density at radius 3 is 2.78 bits per heavy atom. The van der Waals surface area contributed by atoms with Gasteiger partial charge >= 0.3 is 5.97 Å². The van der Waals surface area contributed by atoms with Crippen molar-refractivity contribution in [3.8, 4) is 10.6 Å². The largest absolute Gasteiger partial charge is 0.480 e. The van der Waals surface area contributed by atoms with Gasteiger partial charge in [0.15, 0.2) is 0 Å². The van der Waals surface area contributed by atoms with E-state index in [0.717, 1.165) is 21.5 Å². The zero-order chi connectivity index (χ0) is 16.4. The summed E-state index contributed by atoms with van der Waals surface area (Å²) in [5.41, 5.74) is 0.569. The first kappa shape index (κ1) is 16.1. The zero-order valence-corrected chi connectivity index (χ0v) is 14.6. The summed E-state index contributed by atoms with van der Waals surface area (Å²) < 4.78 is 0.970. The molecule has 1 aromatic heterocycles. The molecule has 1 saturated carbocycles. The van der Waals surface area contributed by atoms with E-state index in [1.54, 1.807) is 0 Å². The second-order valence-electron chi connectivity index (χ2n) is 5.62. The van der Waals surface area contributed by atoms with Crippen molar-refractivity contribution < 1.29 is 14.7 Å². The van der Waals surface area contributed by atoms with Gasteiger partial charge in [0, 0.05) is 15.4 Å². The number of carbonyl (C=O) groups is 2. The van der Waals surface area contributed by atoms with Crippen LogP contribution in [-0.4, -0.2) is 27.5 Å². The van der Waals surface area contributed by atoms with Gasteiger partial charge in [-0.05, 0) is 31.4 Å². The van der Waals surface area contributed by atoms with Crippen molar-refractivity contribution in [2.75, 3.05) is 0 Å². The maximum Gasteiger partial charge on any atom is 0.329 e. The van der Waals surface area contributed by atoms with E-state index >= 15 is 0 Å². The fourth-order valence-corrected chi connectivity index (χ4v) is 3.76. The van der Waals surface area contributed by atoms with E-state index in [2.05, 4.69) is 26.2 Å². The number of nitrogens with zero attached hydrogens (tertiary/aromatic N) is 1. The third-order valence-corrected chi connectivity index (χ3v) is 5.39. The average Bonchev–Trinajstić information content (AvgIpc) is 2.91. The molecule has 0 unspecified atom stereocenters. The molecule has 0 spiro atoms. The van der Waals surface area contributed by atoms with Crippen molar-refractivity contribution in [1.29, 1.82) is 0 Å². The van der Waals surface area contributed by atoms with Crippen LogP contribution < -0.4 is 5.32 Å². The summed E-state index contributed by atoms with van der Waals surface area (Å²) in [6, 6.07) is 7.80. The zero-order valence-electron chi connectivity index (χ0n) is 12.2. The van der Waals surface area contributed by atoms with Gasteiger partial charge in [0.25, 0.3) is 0 Å². The van der Waals surface area contributed by atoms with Gasteiger partial charge in [0.1, 0.15) is 10.5 Å². The van der Waals surface area contributed by atoms with Crippen molar-refractivity contribution in [2.45, 2.75) is 31.2 Å². The molecular weight excluding hydrogens is 380 g/mol. The van der Waals surface area contributed by atoms with Crippen LogP contribution in [0.4, 0.5) is 0 Å². The van der Waals surface area contributed by atoms with Crippen LogP contribution in [0.3, 0.4) is 0 Å². The topological polar surface area (TPSA) is 79.3 Å². The smallest absolute Gasteiger partial charge is 0.329 e. The Labute approximate surface area is 145 Å². The highest BCUT2D eigenvalue weighted by Gasteiger charge is 2.45. The van der Waals surface area contributed by atoms with Crippen LogP contribution in [0, 0.1) is 0 Å². The maximum atomic E-state index is 12.1. The number of carboxylic acids is 1. The van der Waals surface area contributed by atoms with Gasteiger partial charge in [0.05, 0.1) is 12.1 Å². The highest BCUT2D eigenvalue weighted by atomic mass is 79.9. The summed E-state index contributed by atoms with van der Waals surface area (Å²) in [4.78, 5) is 27.9. The van der Waals surface area contributed by atoms with Gasteiger partial charge < -0.3 is 10.4 Å². The summed E-state index contributed by atoms with van der Waals surface area (Å²) in [6.45, 7) is 0. The van der Waals surface area contributed by atoms with Crippen LogP contribution in [-0.2, 0) is 16.0 Å². The number of nitrogens with one attached hydrogen (secondary N) is 1. The van der Waals surface area contributed by atoms with Crippen molar-refractivity contribution >= 4 is 39.1 Å². The molecule has 1 aliphatic carbocycles. The number of hydrogen-bond acceptors (Lipinski definition) is 4. The molecule has 1 fully saturated rings. The summed E-state index contributed by atoms with van der Waals surface area (Å²) in [5, 5.41) is 14.6. The maximum absolute atomic E-state index is 12.1. The molecule has 0 atom stereocenters. The number of carbonyl (C=O) groups excluding carboxylic acids is 1. The lowest BCUT2D eigenvalue weighted by atomic mass is 9.76.